The molecule has 0 radical (unpaired) electrons. The van der Waals surface area contributed by atoms with Crippen molar-refractivity contribution in [3.8, 4) is 0 Å². The lowest BCUT2D eigenvalue weighted by atomic mass is 9.87. The molecule has 2 amide bonds. The predicted octanol–water partition coefficient (Wildman–Crippen LogP) is -0.416. The van der Waals surface area contributed by atoms with E-state index in [0.717, 1.165) is 14.2 Å². The largest absolute Gasteiger partial charge is 0.480 e. The highest BCUT2D eigenvalue weighted by molar-refractivity contribution is 5.98. The third kappa shape index (κ3) is 6.08. The first kappa shape index (κ1) is 22.6. The second-order valence-corrected chi connectivity index (χ2v) is 5.82. The molecule has 10 nitrogen and oxygen atoms in total. The Morgan fingerprint density at radius 1 is 1.00 bits per heavy atom. The zero-order valence-corrected chi connectivity index (χ0v) is 15.6. The molecule has 0 aromatic heterocycles. The highest BCUT2D eigenvalue weighted by Gasteiger charge is 2.41. The van der Waals surface area contributed by atoms with Crippen molar-refractivity contribution < 1.29 is 38.6 Å². The van der Waals surface area contributed by atoms with Crippen LogP contribution in [0.3, 0.4) is 0 Å². The van der Waals surface area contributed by atoms with Crippen molar-refractivity contribution in [3.63, 3.8) is 0 Å². The summed E-state index contributed by atoms with van der Waals surface area (Å²) in [7, 11) is 2.08. The lowest BCUT2D eigenvalue weighted by molar-refractivity contribution is -0.163. The van der Waals surface area contributed by atoms with Gasteiger partial charge in [0.1, 0.15) is 6.04 Å². The van der Waals surface area contributed by atoms with Crippen LogP contribution in [-0.4, -0.2) is 61.6 Å². The van der Waals surface area contributed by atoms with E-state index in [-0.39, 0.29) is 0 Å². The number of carboxylic acid groups (broad SMARTS) is 1. The zero-order chi connectivity index (χ0) is 21.3. The van der Waals surface area contributed by atoms with Crippen LogP contribution in [0.4, 0.5) is 0 Å². The second-order valence-electron chi connectivity index (χ2n) is 5.82. The van der Waals surface area contributed by atoms with Crippen molar-refractivity contribution in [2.45, 2.75) is 13.0 Å². The maximum atomic E-state index is 12.1. The van der Waals surface area contributed by atoms with Crippen molar-refractivity contribution in [1.82, 2.24) is 10.6 Å². The van der Waals surface area contributed by atoms with E-state index in [1.807, 2.05) is 0 Å². The topological polar surface area (TPSA) is 148 Å². The van der Waals surface area contributed by atoms with Gasteiger partial charge in [0, 0.05) is 11.5 Å². The van der Waals surface area contributed by atoms with Crippen LogP contribution in [-0.2, 0) is 28.7 Å². The Bertz CT molecular complexity index is 718. The highest BCUT2D eigenvalue weighted by Crippen LogP contribution is 2.19. The average molecular weight is 394 g/mol. The number of hydrogen-bond acceptors (Lipinski definition) is 7. The van der Waals surface area contributed by atoms with Gasteiger partial charge in [-0.1, -0.05) is 25.1 Å². The molecule has 1 aromatic carbocycles. The van der Waals surface area contributed by atoms with Gasteiger partial charge < -0.3 is 25.2 Å². The van der Waals surface area contributed by atoms with Crippen LogP contribution in [0.25, 0.3) is 0 Å². The number of aliphatic carboxylic acids is 1. The summed E-state index contributed by atoms with van der Waals surface area (Å²) in [5.74, 6) is -7.49. The summed E-state index contributed by atoms with van der Waals surface area (Å²) in [6.45, 7) is 0.797. The average Bonchev–Trinajstić information content (AvgIpc) is 2.70. The molecule has 0 fully saturated rings. The van der Waals surface area contributed by atoms with E-state index in [1.54, 1.807) is 30.3 Å². The van der Waals surface area contributed by atoms with Gasteiger partial charge in [0.05, 0.1) is 20.8 Å². The fourth-order valence-corrected chi connectivity index (χ4v) is 2.47. The lowest BCUT2D eigenvalue weighted by Gasteiger charge is -2.26. The maximum Gasteiger partial charge on any atom is 0.326 e. The van der Waals surface area contributed by atoms with E-state index >= 15 is 0 Å². The van der Waals surface area contributed by atoms with E-state index in [2.05, 4.69) is 20.1 Å². The number of carboxylic acids is 1. The molecule has 10 heteroatoms. The molecular weight excluding hydrogens is 372 g/mol. The number of carbonyl (C=O) groups is 5. The Morgan fingerprint density at radius 3 is 2.00 bits per heavy atom. The second kappa shape index (κ2) is 10.7. The quantitative estimate of drug-likeness (QED) is 0.378. The number of benzene rings is 1. The van der Waals surface area contributed by atoms with Gasteiger partial charge in [-0.15, -0.1) is 0 Å². The van der Waals surface area contributed by atoms with Crippen molar-refractivity contribution >= 4 is 29.7 Å². The van der Waals surface area contributed by atoms with Gasteiger partial charge in [-0.05, 0) is 12.1 Å². The Kier molecular flexibility index (Phi) is 8.60. The Hall–Kier alpha value is -3.43. The summed E-state index contributed by atoms with van der Waals surface area (Å²) >= 11 is 0. The molecule has 3 N–H and O–H groups in total. The number of amides is 2. The molecule has 2 atom stereocenters. The summed E-state index contributed by atoms with van der Waals surface area (Å²) in [5.41, 5.74) is 0.329. The van der Waals surface area contributed by atoms with E-state index in [4.69, 9.17) is 0 Å². The minimum absolute atomic E-state index is 0.329. The van der Waals surface area contributed by atoms with Gasteiger partial charge in [0.15, 0.2) is 5.92 Å². The fourth-order valence-electron chi connectivity index (χ4n) is 2.47. The number of hydrogen-bond donors (Lipinski definition) is 3. The molecule has 0 saturated carbocycles. The van der Waals surface area contributed by atoms with Crippen LogP contribution in [0.1, 0.15) is 17.3 Å². The molecule has 0 saturated heterocycles. The summed E-state index contributed by atoms with van der Waals surface area (Å²) in [6, 6.07) is 6.53. The van der Waals surface area contributed by atoms with E-state index in [1.165, 1.54) is 6.92 Å². The molecule has 0 aliphatic carbocycles. The number of carbonyl (C=O) groups excluding carboxylic acids is 4. The molecule has 1 aromatic rings. The fraction of sp³-hybridized carbons (Fsp3) is 0.389. The first-order valence-corrected chi connectivity index (χ1v) is 8.24. The third-order valence-electron chi connectivity index (χ3n) is 3.99. The highest BCUT2D eigenvalue weighted by atomic mass is 16.5. The van der Waals surface area contributed by atoms with Gasteiger partial charge in [-0.3, -0.25) is 19.2 Å². The van der Waals surface area contributed by atoms with E-state index in [0.29, 0.717) is 5.56 Å². The molecular formula is C18H22N2O8. The number of nitrogens with one attached hydrogen (secondary N) is 2. The summed E-state index contributed by atoms with van der Waals surface area (Å²) in [4.78, 5) is 59.3. The van der Waals surface area contributed by atoms with E-state index < -0.39 is 54.1 Å². The first-order chi connectivity index (χ1) is 13.2. The molecule has 0 bridgehead atoms. The van der Waals surface area contributed by atoms with Crippen LogP contribution in [0.15, 0.2) is 30.3 Å². The Morgan fingerprint density at radius 2 is 1.54 bits per heavy atom. The molecule has 0 heterocycles. The van der Waals surface area contributed by atoms with Crippen LogP contribution >= 0.6 is 0 Å². The number of rotatable bonds is 9. The monoisotopic (exact) mass is 394 g/mol. The van der Waals surface area contributed by atoms with Gasteiger partial charge in [0.2, 0.25) is 5.91 Å². The van der Waals surface area contributed by atoms with Crippen molar-refractivity contribution in [3.05, 3.63) is 35.9 Å². The van der Waals surface area contributed by atoms with E-state index in [9.17, 15) is 29.1 Å². The van der Waals surface area contributed by atoms with Crippen molar-refractivity contribution in [2.24, 2.45) is 11.8 Å². The summed E-state index contributed by atoms with van der Waals surface area (Å²) in [6.07, 6.45) is 0. The molecule has 1 rings (SSSR count). The first-order valence-electron chi connectivity index (χ1n) is 8.24. The van der Waals surface area contributed by atoms with Gasteiger partial charge >= 0.3 is 17.9 Å². The zero-order valence-electron chi connectivity index (χ0n) is 15.6. The minimum atomic E-state index is -1.59. The van der Waals surface area contributed by atoms with Crippen LogP contribution in [0.2, 0.25) is 0 Å². The molecule has 152 valence electrons. The molecule has 28 heavy (non-hydrogen) atoms. The standard InChI is InChI=1S/C18H22N2O8/c1-10(13(17(25)27-2)18(26)28-3)14(16(23)24)20-12(21)9-19-15(22)11-7-5-4-6-8-11/h4-8,10,13-14H,9H2,1-3H3,(H,19,22)(H,20,21)(H,23,24)/t10-,14+/m0/s1. The number of methoxy groups -OCH3 is 2. The van der Waals surface area contributed by atoms with Crippen LogP contribution in [0.5, 0.6) is 0 Å². The third-order valence-corrected chi connectivity index (χ3v) is 3.99. The minimum Gasteiger partial charge on any atom is -0.480 e. The Labute approximate surface area is 161 Å². The molecule has 0 spiro atoms. The van der Waals surface area contributed by atoms with Crippen LogP contribution in [0, 0.1) is 11.8 Å². The number of esters is 2. The van der Waals surface area contributed by atoms with Gasteiger partial charge in [0.25, 0.3) is 5.91 Å². The molecule has 0 aliphatic rings. The SMILES string of the molecule is COC(=O)C(C(=O)OC)[C@H](C)[C@@H](NC(=O)CNC(=O)c1ccccc1)C(=O)O. The normalized spacial score (nSPS) is 12.4. The predicted molar refractivity (Wildman–Crippen MR) is 95.0 cm³/mol. The van der Waals surface area contributed by atoms with Crippen LogP contribution < -0.4 is 10.6 Å². The van der Waals surface area contributed by atoms with Crippen molar-refractivity contribution in [2.75, 3.05) is 20.8 Å². The summed E-state index contributed by atoms with van der Waals surface area (Å²) in [5, 5.41) is 13.9. The number of ether oxygens (including phenoxy) is 2. The lowest BCUT2D eigenvalue weighted by Crippen LogP contribution is -2.52. The Balaban J connectivity index is 2.81. The van der Waals surface area contributed by atoms with Crippen molar-refractivity contribution in [1.29, 1.82) is 0 Å². The smallest absolute Gasteiger partial charge is 0.326 e. The molecule has 0 unspecified atom stereocenters. The maximum absolute atomic E-state index is 12.1. The van der Waals surface area contributed by atoms with Gasteiger partial charge in [-0.2, -0.15) is 0 Å². The van der Waals surface area contributed by atoms with Gasteiger partial charge in [-0.25, -0.2) is 4.79 Å². The summed E-state index contributed by atoms with van der Waals surface area (Å²) < 4.78 is 9.03. The molecule has 0 aliphatic heterocycles.